The predicted octanol–water partition coefficient (Wildman–Crippen LogP) is 2.42. The summed E-state index contributed by atoms with van der Waals surface area (Å²) >= 11 is 0. The third-order valence-electron chi connectivity index (χ3n) is 8.53. The van der Waals surface area contributed by atoms with Crippen molar-refractivity contribution in [1.82, 2.24) is 15.5 Å². The van der Waals surface area contributed by atoms with Crippen molar-refractivity contribution in [1.29, 1.82) is 0 Å². The van der Waals surface area contributed by atoms with Crippen LogP contribution < -0.4 is 15.5 Å². The van der Waals surface area contributed by atoms with Crippen molar-refractivity contribution < 1.29 is 14.4 Å². The van der Waals surface area contributed by atoms with Gasteiger partial charge in [-0.15, -0.1) is 0 Å². The number of rotatable bonds is 3. The second-order valence-corrected chi connectivity index (χ2v) is 10.4. The van der Waals surface area contributed by atoms with Crippen LogP contribution in [0.25, 0.3) is 0 Å². The van der Waals surface area contributed by atoms with Crippen LogP contribution in [0.4, 0.5) is 5.69 Å². The summed E-state index contributed by atoms with van der Waals surface area (Å²) in [6, 6.07) is 8.31. The minimum absolute atomic E-state index is 0.169. The molecule has 4 aliphatic rings. The van der Waals surface area contributed by atoms with Crippen molar-refractivity contribution in [2.24, 2.45) is 11.3 Å². The number of nitrogens with one attached hydrogen (secondary N) is 2. The summed E-state index contributed by atoms with van der Waals surface area (Å²) < 4.78 is 0. The van der Waals surface area contributed by atoms with Gasteiger partial charge < -0.3 is 15.1 Å². The van der Waals surface area contributed by atoms with Crippen molar-refractivity contribution >= 4 is 23.4 Å². The van der Waals surface area contributed by atoms with Crippen LogP contribution in [0.1, 0.15) is 62.8 Å². The average Bonchev–Trinajstić information content (AvgIpc) is 2.85. The molecule has 1 atom stereocenters. The molecule has 178 valence electrons. The van der Waals surface area contributed by atoms with E-state index in [0.717, 1.165) is 83.4 Å². The zero-order valence-corrected chi connectivity index (χ0v) is 19.5. The molecule has 7 heteroatoms. The van der Waals surface area contributed by atoms with Crippen LogP contribution in [0.5, 0.6) is 0 Å². The van der Waals surface area contributed by atoms with Gasteiger partial charge in [0.25, 0.3) is 0 Å². The quantitative estimate of drug-likeness (QED) is 0.689. The molecule has 7 nitrogen and oxygen atoms in total. The number of likely N-dealkylation sites (tertiary alicyclic amines) is 1. The van der Waals surface area contributed by atoms with E-state index in [9.17, 15) is 14.4 Å². The minimum Gasteiger partial charge on any atom is -0.371 e. The van der Waals surface area contributed by atoms with Crippen LogP contribution in [0.2, 0.25) is 0 Å². The standard InChI is InChI=1S/C26H36N4O3/c31-23-5-4-22(24(32)28-23)20-2-1-3-21(18-20)29-14-8-26(9-15-29)10-16-30(17-11-26)25(33)19-6-12-27-13-7-19/h1-3,18-19,22,27H,4-17H2,(H,28,31,32). The number of imide groups is 1. The fourth-order valence-corrected chi connectivity index (χ4v) is 6.22. The van der Waals surface area contributed by atoms with E-state index in [-0.39, 0.29) is 23.7 Å². The van der Waals surface area contributed by atoms with Gasteiger partial charge in [0.2, 0.25) is 17.7 Å². The number of nitrogens with zero attached hydrogens (tertiary/aromatic N) is 2. The van der Waals surface area contributed by atoms with E-state index in [1.54, 1.807) is 0 Å². The predicted molar refractivity (Wildman–Crippen MR) is 127 cm³/mol. The van der Waals surface area contributed by atoms with Gasteiger partial charge in [0.1, 0.15) is 0 Å². The van der Waals surface area contributed by atoms with Gasteiger partial charge in [-0.1, -0.05) is 12.1 Å². The van der Waals surface area contributed by atoms with Gasteiger partial charge in [-0.2, -0.15) is 0 Å². The molecule has 5 rings (SSSR count). The van der Waals surface area contributed by atoms with E-state index < -0.39 is 0 Å². The fraction of sp³-hybridized carbons (Fsp3) is 0.654. The van der Waals surface area contributed by atoms with E-state index in [2.05, 4.69) is 32.6 Å². The van der Waals surface area contributed by atoms with Gasteiger partial charge in [0, 0.05) is 44.2 Å². The number of anilines is 1. The number of carbonyl (C=O) groups excluding carboxylic acids is 3. The Morgan fingerprint density at radius 1 is 0.939 bits per heavy atom. The lowest BCUT2D eigenvalue weighted by Crippen LogP contribution is -2.50. The molecule has 0 bridgehead atoms. The average molecular weight is 453 g/mol. The maximum atomic E-state index is 12.9. The molecule has 0 radical (unpaired) electrons. The molecule has 2 N–H and O–H groups in total. The maximum Gasteiger partial charge on any atom is 0.234 e. The highest BCUT2D eigenvalue weighted by atomic mass is 16.2. The molecule has 4 heterocycles. The normalized spacial score (nSPS) is 26.4. The highest BCUT2D eigenvalue weighted by Crippen LogP contribution is 2.43. The molecule has 0 saturated carbocycles. The summed E-state index contributed by atoms with van der Waals surface area (Å²) in [6.45, 7) is 5.78. The van der Waals surface area contributed by atoms with Gasteiger partial charge in [-0.05, 0) is 81.1 Å². The lowest BCUT2D eigenvalue weighted by Gasteiger charge is -2.48. The maximum absolute atomic E-state index is 12.9. The largest absolute Gasteiger partial charge is 0.371 e. The van der Waals surface area contributed by atoms with E-state index in [1.165, 1.54) is 5.69 Å². The molecule has 4 aliphatic heterocycles. The number of amides is 3. The molecule has 1 spiro atoms. The molecular formula is C26H36N4O3. The molecular weight excluding hydrogens is 416 g/mol. The number of benzene rings is 1. The van der Waals surface area contributed by atoms with E-state index in [4.69, 9.17) is 0 Å². The second kappa shape index (κ2) is 9.45. The van der Waals surface area contributed by atoms with Crippen LogP contribution in [-0.2, 0) is 14.4 Å². The summed E-state index contributed by atoms with van der Waals surface area (Å²) in [5.74, 6) is 0.0254. The SMILES string of the molecule is O=C1CCC(c2cccc(N3CCC4(CCN(C(=O)C5CCNCC5)CC4)CC3)c2)C(=O)N1. The van der Waals surface area contributed by atoms with Crippen LogP contribution in [0.15, 0.2) is 24.3 Å². The molecule has 4 fully saturated rings. The highest BCUT2D eigenvalue weighted by Gasteiger charge is 2.40. The third-order valence-corrected chi connectivity index (χ3v) is 8.53. The van der Waals surface area contributed by atoms with Gasteiger partial charge in [0.05, 0.1) is 5.92 Å². The first-order valence-corrected chi connectivity index (χ1v) is 12.7. The third kappa shape index (κ3) is 4.79. The zero-order chi connectivity index (χ0) is 22.8. The Morgan fingerprint density at radius 3 is 2.33 bits per heavy atom. The Labute approximate surface area is 196 Å². The number of piperidine rings is 4. The van der Waals surface area contributed by atoms with Crippen molar-refractivity contribution in [3.63, 3.8) is 0 Å². The van der Waals surface area contributed by atoms with Crippen LogP contribution in [-0.4, -0.2) is 61.9 Å². The minimum atomic E-state index is -0.236. The lowest BCUT2D eigenvalue weighted by molar-refractivity contribution is -0.139. The Morgan fingerprint density at radius 2 is 1.64 bits per heavy atom. The molecule has 1 aromatic carbocycles. The molecule has 33 heavy (non-hydrogen) atoms. The first-order chi connectivity index (χ1) is 16.0. The summed E-state index contributed by atoms with van der Waals surface area (Å²) in [6.07, 6.45) is 7.51. The lowest BCUT2D eigenvalue weighted by atomic mass is 9.71. The molecule has 1 aromatic rings. The van der Waals surface area contributed by atoms with E-state index >= 15 is 0 Å². The van der Waals surface area contributed by atoms with Crippen molar-refractivity contribution in [2.75, 3.05) is 44.2 Å². The second-order valence-electron chi connectivity index (χ2n) is 10.4. The van der Waals surface area contributed by atoms with Gasteiger partial charge >= 0.3 is 0 Å². The zero-order valence-electron chi connectivity index (χ0n) is 19.5. The van der Waals surface area contributed by atoms with Crippen molar-refractivity contribution in [2.45, 2.75) is 57.3 Å². The van der Waals surface area contributed by atoms with Gasteiger partial charge in [-0.3, -0.25) is 19.7 Å². The van der Waals surface area contributed by atoms with E-state index in [0.29, 0.717) is 24.2 Å². The Hall–Kier alpha value is -2.41. The Kier molecular flexibility index (Phi) is 6.41. The molecule has 3 amide bonds. The van der Waals surface area contributed by atoms with Crippen molar-refractivity contribution in [3.8, 4) is 0 Å². The molecule has 0 aliphatic carbocycles. The first-order valence-electron chi connectivity index (χ1n) is 12.7. The smallest absolute Gasteiger partial charge is 0.234 e. The van der Waals surface area contributed by atoms with Gasteiger partial charge in [-0.25, -0.2) is 0 Å². The summed E-state index contributed by atoms with van der Waals surface area (Å²) in [5, 5.41) is 5.83. The number of carbonyl (C=O) groups is 3. The molecule has 1 unspecified atom stereocenters. The monoisotopic (exact) mass is 452 g/mol. The molecule has 0 aromatic heterocycles. The number of hydrogen-bond acceptors (Lipinski definition) is 5. The topological polar surface area (TPSA) is 81.8 Å². The summed E-state index contributed by atoms with van der Waals surface area (Å²) in [4.78, 5) is 41.3. The first kappa shape index (κ1) is 22.4. The fourth-order valence-electron chi connectivity index (χ4n) is 6.22. The molecule has 4 saturated heterocycles. The Balaban J connectivity index is 1.16. The van der Waals surface area contributed by atoms with Crippen molar-refractivity contribution in [3.05, 3.63) is 29.8 Å². The van der Waals surface area contributed by atoms with E-state index in [1.807, 2.05) is 12.1 Å². The van der Waals surface area contributed by atoms with Crippen LogP contribution >= 0.6 is 0 Å². The Bertz CT molecular complexity index is 893. The highest BCUT2D eigenvalue weighted by molar-refractivity contribution is 6.01. The van der Waals surface area contributed by atoms with Crippen LogP contribution in [0, 0.1) is 11.3 Å². The summed E-state index contributed by atoms with van der Waals surface area (Å²) in [5.41, 5.74) is 2.54. The van der Waals surface area contributed by atoms with Crippen LogP contribution in [0.3, 0.4) is 0 Å². The summed E-state index contributed by atoms with van der Waals surface area (Å²) in [7, 11) is 0. The number of hydrogen-bond donors (Lipinski definition) is 2. The van der Waals surface area contributed by atoms with Gasteiger partial charge in [0.15, 0.2) is 0 Å².